The zero-order valence-corrected chi connectivity index (χ0v) is 30.7. The minimum Gasteiger partial charge on any atom is -0.494 e. The number of fused-ring (bicyclic) bond motifs is 1. The lowest BCUT2D eigenvalue weighted by Crippen LogP contribution is -2.45. The number of aryl methyl sites for hydroxylation is 5. The van der Waals surface area contributed by atoms with Crippen molar-refractivity contribution < 1.29 is 19.4 Å². The lowest BCUT2D eigenvalue weighted by atomic mass is 9.98. The number of rotatable bonds is 10. The van der Waals surface area contributed by atoms with Crippen LogP contribution in [-0.2, 0) is 13.5 Å². The van der Waals surface area contributed by atoms with Gasteiger partial charge < -0.3 is 29.9 Å². The van der Waals surface area contributed by atoms with E-state index in [0.29, 0.717) is 54.6 Å². The number of carbonyl (C=O) groups excluding carboxylic acids is 1. The van der Waals surface area contributed by atoms with Gasteiger partial charge in [0.2, 0.25) is 0 Å². The molecule has 5 aromatic rings. The molecule has 1 amide bonds. The third-order valence-corrected chi connectivity index (χ3v) is 10.5. The second-order valence-corrected chi connectivity index (χ2v) is 13.9. The fraction of sp³-hybridized carbons (Fsp3) is 0.342. The number of likely N-dealkylation sites (N-methyl/N-ethyl adjacent to an activating group) is 1. The van der Waals surface area contributed by atoms with Gasteiger partial charge in [0, 0.05) is 66.1 Å². The van der Waals surface area contributed by atoms with Crippen LogP contribution in [-0.4, -0.2) is 76.5 Å². The van der Waals surface area contributed by atoms with E-state index in [4.69, 9.17) is 27.9 Å². The highest BCUT2D eigenvalue weighted by Gasteiger charge is 2.26. The molecule has 0 unspecified atom stereocenters. The number of carbonyl (C=O) groups is 2. The summed E-state index contributed by atoms with van der Waals surface area (Å²) < 4.78 is 7.95. The van der Waals surface area contributed by atoms with Crippen LogP contribution in [0.15, 0.2) is 42.5 Å². The second-order valence-electron chi connectivity index (χ2n) is 13.1. The Morgan fingerprint density at radius 2 is 1.66 bits per heavy atom. The summed E-state index contributed by atoms with van der Waals surface area (Å²) >= 11 is 13.3. The summed E-state index contributed by atoms with van der Waals surface area (Å²) in [7, 11) is 3.94. The van der Waals surface area contributed by atoms with Gasteiger partial charge in [0.05, 0.1) is 34.1 Å². The number of carboxylic acids is 1. The molecule has 0 atom stereocenters. The van der Waals surface area contributed by atoms with Gasteiger partial charge in [-0.2, -0.15) is 5.10 Å². The molecule has 3 aromatic carbocycles. The summed E-state index contributed by atoms with van der Waals surface area (Å²) in [6.07, 6.45) is 1.18. The zero-order valence-electron chi connectivity index (χ0n) is 29.2. The Morgan fingerprint density at radius 3 is 2.30 bits per heavy atom. The van der Waals surface area contributed by atoms with Crippen molar-refractivity contribution in [2.75, 3.05) is 50.1 Å². The van der Waals surface area contributed by atoms with Gasteiger partial charge in [0.15, 0.2) is 0 Å². The molecule has 0 saturated carbocycles. The van der Waals surface area contributed by atoms with Crippen LogP contribution in [0.1, 0.15) is 55.3 Å². The predicted octanol–water partition coefficient (Wildman–Crippen LogP) is 7.82. The van der Waals surface area contributed by atoms with E-state index in [0.717, 1.165) is 74.0 Å². The summed E-state index contributed by atoms with van der Waals surface area (Å²) in [5.74, 6) is -0.597. The van der Waals surface area contributed by atoms with Crippen LogP contribution in [0, 0.1) is 27.7 Å². The van der Waals surface area contributed by atoms with Gasteiger partial charge in [0.25, 0.3) is 5.91 Å². The predicted molar refractivity (Wildman–Crippen MR) is 201 cm³/mol. The van der Waals surface area contributed by atoms with Crippen molar-refractivity contribution in [2.24, 2.45) is 7.05 Å². The third kappa shape index (κ3) is 6.92. The Balaban J connectivity index is 1.36. The maximum atomic E-state index is 14.2. The molecule has 2 aromatic heterocycles. The van der Waals surface area contributed by atoms with Crippen molar-refractivity contribution in [3.8, 4) is 16.9 Å². The highest BCUT2D eigenvalue weighted by molar-refractivity contribution is 6.35. The lowest BCUT2D eigenvalue weighted by Gasteiger charge is -2.35. The number of carboxylic acid groups (broad SMARTS) is 1. The fourth-order valence-electron chi connectivity index (χ4n) is 6.85. The number of piperazine rings is 1. The number of nitrogens with one attached hydrogen (secondary N) is 2. The molecule has 0 radical (unpaired) electrons. The van der Waals surface area contributed by atoms with Gasteiger partial charge >= 0.3 is 5.97 Å². The van der Waals surface area contributed by atoms with Gasteiger partial charge in [0.1, 0.15) is 11.4 Å². The molecule has 1 aliphatic heterocycles. The fourth-order valence-corrected chi connectivity index (χ4v) is 7.21. The van der Waals surface area contributed by atoms with Crippen molar-refractivity contribution in [1.29, 1.82) is 0 Å². The Hall–Kier alpha value is -4.51. The molecule has 3 N–H and O–H groups in total. The number of H-pyrrole nitrogens is 1. The molecule has 50 heavy (non-hydrogen) atoms. The van der Waals surface area contributed by atoms with Crippen molar-refractivity contribution in [3.63, 3.8) is 0 Å². The normalized spacial score (nSPS) is 13.6. The van der Waals surface area contributed by atoms with E-state index in [2.05, 4.69) is 25.2 Å². The van der Waals surface area contributed by atoms with Gasteiger partial charge in [-0.25, -0.2) is 4.79 Å². The topological polar surface area (TPSA) is 116 Å². The molecule has 0 bridgehead atoms. The van der Waals surface area contributed by atoms with E-state index in [-0.39, 0.29) is 11.5 Å². The minimum absolute atomic E-state index is 0.200. The van der Waals surface area contributed by atoms with Crippen LogP contribution in [0.2, 0.25) is 10.0 Å². The van der Waals surface area contributed by atoms with E-state index in [1.165, 1.54) is 0 Å². The number of aromatic nitrogens is 3. The maximum absolute atomic E-state index is 14.2. The first-order valence-corrected chi connectivity index (χ1v) is 17.4. The van der Waals surface area contributed by atoms with Crippen LogP contribution in [0.25, 0.3) is 22.0 Å². The Labute approximate surface area is 301 Å². The Morgan fingerprint density at radius 1 is 0.960 bits per heavy atom. The average molecular weight is 718 g/mol. The largest absolute Gasteiger partial charge is 0.494 e. The van der Waals surface area contributed by atoms with E-state index >= 15 is 0 Å². The molecule has 6 rings (SSSR count). The molecule has 0 aliphatic carbocycles. The Bertz CT molecular complexity index is 2090. The molecular weight excluding hydrogens is 675 g/mol. The number of ether oxygens (including phenoxy) is 1. The number of halogens is 2. The van der Waals surface area contributed by atoms with E-state index in [1.807, 2.05) is 70.7 Å². The second kappa shape index (κ2) is 14.4. The summed E-state index contributed by atoms with van der Waals surface area (Å²) in [4.78, 5) is 34.1. The van der Waals surface area contributed by atoms with E-state index < -0.39 is 5.97 Å². The number of hydrogen-bond donors (Lipinski definition) is 3. The number of benzene rings is 3. The Kier molecular flexibility index (Phi) is 10.2. The molecule has 0 spiro atoms. The molecule has 1 aliphatic rings. The van der Waals surface area contributed by atoms with Crippen molar-refractivity contribution >= 4 is 57.4 Å². The van der Waals surface area contributed by atoms with Crippen molar-refractivity contribution in [1.82, 2.24) is 19.7 Å². The molecule has 1 saturated heterocycles. The summed E-state index contributed by atoms with van der Waals surface area (Å²) in [5.41, 5.74) is 8.69. The third-order valence-electron chi connectivity index (χ3n) is 9.60. The quantitative estimate of drug-likeness (QED) is 0.126. The lowest BCUT2D eigenvalue weighted by molar-refractivity contribution is 0.0697. The number of aromatic amines is 1. The number of anilines is 2. The molecule has 12 heteroatoms. The number of nitrogens with zero attached hydrogens (tertiary/aromatic N) is 4. The monoisotopic (exact) mass is 716 g/mol. The SMILES string of the molecule is Cc1cc(OCCCc2c(C(=O)Nc3ccc(C(=O)O)c(N4CCN(C)CC4)c3)[nH]c3c(-c4c(C)nn(C)c4C)c(Cl)ccc23)cc(C)c1Cl. The summed E-state index contributed by atoms with van der Waals surface area (Å²) in [6.45, 7) is 11.3. The van der Waals surface area contributed by atoms with Gasteiger partial charge in [-0.05, 0) is 101 Å². The first-order valence-electron chi connectivity index (χ1n) is 16.7. The highest BCUT2D eigenvalue weighted by Crippen LogP contribution is 2.40. The highest BCUT2D eigenvalue weighted by atomic mass is 35.5. The van der Waals surface area contributed by atoms with Gasteiger partial charge in [-0.1, -0.05) is 29.3 Å². The number of hydrogen-bond acceptors (Lipinski definition) is 6. The van der Waals surface area contributed by atoms with Crippen molar-refractivity contribution in [2.45, 2.75) is 40.5 Å². The average Bonchev–Trinajstić information content (AvgIpc) is 3.57. The zero-order chi connectivity index (χ0) is 35.9. The van der Waals surface area contributed by atoms with E-state index in [1.54, 1.807) is 18.2 Å². The first kappa shape index (κ1) is 35.3. The van der Waals surface area contributed by atoms with Crippen molar-refractivity contribution in [3.05, 3.63) is 91.8 Å². The van der Waals surface area contributed by atoms with Crippen LogP contribution in [0.3, 0.4) is 0 Å². The molecule has 3 heterocycles. The summed E-state index contributed by atoms with van der Waals surface area (Å²) in [6, 6.07) is 12.6. The van der Waals surface area contributed by atoms with Gasteiger partial charge in [-0.15, -0.1) is 0 Å². The molecule has 262 valence electrons. The number of amides is 1. The maximum Gasteiger partial charge on any atom is 0.337 e. The van der Waals surface area contributed by atoms with Gasteiger partial charge in [-0.3, -0.25) is 9.48 Å². The van der Waals surface area contributed by atoms with E-state index in [9.17, 15) is 14.7 Å². The molecule has 1 fully saturated rings. The molecular formula is C38H42Cl2N6O4. The molecule has 10 nitrogen and oxygen atoms in total. The minimum atomic E-state index is -1.01. The number of aromatic carboxylic acids is 1. The first-order chi connectivity index (χ1) is 23.8. The van der Waals surface area contributed by atoms with Crippen LogP contribution in [0.5, 0.6) is 5.75 Å². The standard InChI is InChI=1S/C38H42Cl2N6O4/c1-21-18-26(19-22(2)34(21)40)50-17-7-8-27-28-11-12-30(39)33(32-23(3)43-45(6)24(32)4)35(28)42-36(27)37(47)41-25-9-10-29(38(48)49)31(20-25)46-15-13-44(5)14-16-46/h9-12,18-20,42H,7-8,13-17H2,1-6H3,(H,41,47)(H,48,49). The van der Waals surface area contributed by atoms with Crippen LogP contribution in [0.4, 0.5) is 11.4 Å². The van der Waals surface area contributed by atoms with Crippen LogP contribution >= 0.6 is 23.2 Å². The summed E-state index contributed by atoms with van der Waals surface area (Å²) in [5, 5.41) is 19.8. The smallest absolute Gasteiger partial charge is 0.337 e. The van der Waals surface area contributed by atoms with Crippen LogP contribution < -0.4 is 15.0 Å².